The van der Waals surface area contributed by atoms with Gasteiger partial charge in [0.2, 0.25) is 15.9 Å². The zero-order valence-electron chi connectivity index (χ0n) is 19.4. The molecule has 0 aliphatic rings. The fraction of sp³-hybridized carbons (Fsp3) is 0.269. The number of nitrogens with zero attached hydrogens (tertiary/aromatic N) is 1. The van der Waals surface area contributed by atoms with Crippen molar-refractivity contribution in [2.75, 3.05) is 20.7 Å². The molecule has 33 heavy (non-hydrogen) atoms. The summed E-state index contributed by atoms with van der Waals surface area (Å²) in [7, 11) is -1.12. The van der Waals surface area contributed by atoms with E-state index in [1.165, 1.54) is 14.2 Å². The standard InChI is InChI=1S/C26H30N2O4S/c1-19(2)22-15-16-23(32-4)24(17-22)33(30,31)28(3)18-25(29)27-26(20-11-7-5-8-12-20)21-13-9-6-10-14-21/h5-17,19,26H,18H2,1-4H3,(H,27,29). The zero-order chi connectivity index (χ0) is 24.0. The number of ether oxygens (including phenoxy) is 1. The highest BCUT2D eigenvalue weighted by Crippen LogP contribution is 2.30. The summed E-state index contributed by atoms with van der Waals surface area (Å²) >= 11 is 0. The Bertz CT molecular complexity index is 1140. The Balaban J connectivity index is 1.84. The van der Waals surface area contributed by atoms with Crippen molar-refractivity contribution >= 4 is 15.9 Å². The maximum atomic E-state index is 13.3. The quantitative estimate of drug-likeness (QED) is 0.509. The number of benzene rings is 3. The Morgan fingerprint density at radius 1 is 0.909 bits per heavy atom. The van der Waals surface area contributed by atoms with Crippen LogP contribution in [0.4, 0.5) is 0 Å². The third kappa shape index (κ3) is 5.80. The van der Waals surface area contributed by atoms with Crippen molar-refractivity contribution in [2.45, 2.75) is 30.7 Å². The fourth-order valence-corrected chi connectivity index (χ4v) is 4.88. The van der Waals surface area contributed by atoms with E-state index >= 15 is 0 Å². The second kappa shape index (κ2) is 10.6. The van der Waals surface area contributed by atoms with E-state index in [4.69, 9.17) is 4.74 Å². The Kier molecular flexibility index (Phi) is 7.89. The van der Waals surface area contributed by atoms with Gasteiger partial charge in [-0.15, -0.1) is 0 Å². The van der Waals surface area contributed by atoms with Crippen molar-refractivity contribution in [2.24, 2.45) is 0 Å². The van der Waals surface area contributed by atoms with Crippen molar-refractivity contribution in [3.63, 3.8) is 0 Å². The van der Waals surface area contributed by atoms with Gasteiger partial charge in [-0.1, -0.05) is 80.6 Å². The lowest BCUT2D eigenvalue weighted by molar-refractivity contribution is -0.121. The molecule has 3 aromatic rings. The SMILES string of the molecule is COc1ccc(C(C)C)cc1S(=O)(=O)N(C)CC(=O)NC(c1ccccc1)c1ccccc1. The van der Waals surface area contributed by atoms with Gasteiger partial charge in [0.15, 0.2) is 0 Å². The number of rotatable bonds is 9. The molecule has 1 amide bonds. The molecule has 0 fully saturated rings. The highest BCUT2D eigenvalue weighted by atomic mass is 32.2. The van der Waals surface area contributed by atoms with E-state index in [1.54, 1.807) is 12.1 Å². The predicted molar refractivity (Wildman–Crippen MR) is 130 cm³/mol. The van der Waals surface area contributed by atoms with E-state index in [2.05, 4.69) is 5.32 Å². The van der Waals surface area contributed by atoms with Crippen LogP contribution < -0.4 is 10.1 Å². The number of carbonyl (C=O) groups excluding carboxylic acids is 1. The van der Waals surface area contributed by atoms with Crippen LogP contribution in [0.3, 0.4) is 0 Å². The van der Waals surface area contributed by atoms with Crippen LogP contribution in [0.15, 0.2) is 83.8 Å². The van der Waals surface area contributed by atoms with Crippen molar-refractivity contribution in [3.05, 3.63) is 95.6 Å². The van der Waals surface area contributed by atoms with Crippen molar-refractivity contribution in [3.8, 4) is 5.75 Å². The molecule has 0 saturated heterocycles. The first-order valence-electron chi connectivity index (χ1n) is 10.8. The third-order valence-corrected chi connectivity index (χ3v) is 7.30. The van der Waals surface area contributed by atoms with Gasteiger partial charge in [0.05, 0.1) is 19.7 Å². The number of likely N-dealkylation sites (N-methyl/N-ethyl adjacent to an activating group) is 1. The molecule has 0 aromatic heterocycles. The van der Waals surface area contributed by atoms with Crippen molar-refractivity contribution < 1.29 is 17.9 Å². The van der Waals surface area contributed by atoms with Crippen LogP contribution in [-0.2, 0) is 14.8 Å². The number of hydrogen-bond acceptors (Lipinski definition) is 4. The molecule has 0 atom stereocenters. The van der Waals surface area contributed by atoms with Crippen molar-refractivity contribution in [1.82, 2.24) is 9.62 Å². The van der Waals surface area contributed by atoms with Crippen LogP contribution in [0.2, 0.25) is 0 Å². The van der Waals surface area contributed by atoms with Crippen LogP contribution in [0.5, 0.6) is 5.75 Å². The second-order valence-corrected chi connectivity index (χ2v) is 10.2. The maximum absolute atomic E-state index is 13.3. The average molecular weight is 467 g/mol. The Labute approximate surface area is 196 Å². The number of carbonyl (C=O) groups is 1. The number of nitrogens with one attached hydrogen (secondary N) is 1. The van der Waals surface area contributed by atoms with Gasteiger partial charge in [-0.05, 0) is 34.7 Å². The first kappa shape index (κ1) is 24.5. The van der Waals surface area contributed by atoms with Gasteiger partial charge in [-0.2, -0.15) is 4.31 Å². The summed E-state index contributed by atoms with van der Waals surface area (Å²) < 4.78 is 33.0. The van der Waals surface area contributed by atoms with E-state index in [9.17, 15) is 13.2 Å². The molecule has 0 saturated carbocycles. The molecule has 0 spiro atoms. The first-order valence-corrected chi connectivity index (χ1v) is 12.2. The van der Waals surface area contributed by atoms with E-state index in [-0.39, 0.29) is 23.1 Å². The van der Waals surface area contributed by atoms with Gasteiger partial charge in [-0.3, -0.25) is 4.79 Å². The lowest BCUT2D eigenvalue weighted by Crippen LogP contribution is -2.40. The summed E-state index contributed by atoms with van der Waals surface area (Å²) in [5, 5.41) is 2.99. The Morgan fingerprint density at radius 3 is 1.94 bits per heavy atom. The van der Waals surface area contributed by atoms with Gasteiger partial charge in [0, 0.05) is 7.05 Å². The molecular formula is C26H30N2O4S. The normalized spacial score (nSPS) is 11.7. The van der Waals surface area contributed by atoms with Gasteiger partial charge in [-0.25, -0.2) is 8.42 Å². The highest BCUT2D eigenvalue weighted by Gasteiger charge is 2.28. The van der Waals surface area contributed by atoms with Gasteiger partial charge < -0.3 is 10.1 Å². The summed E-state index contributed by atoms with van der Waals surface area (Å²) in [6.45, 7) is 3.65. The summed E-state index contributed by atoms with van der Waals surface area (Å²) in [5.41, 5.74) is 2.70. The molecule has 0 radical (unpaired) electrons. The second-order valence-electron chi connectivity index (χ2n) is 8.15. The average Bonchev–Trinajstić information content (AvgIpc) is 2.83. The van der Waals surface area contributed by atoms with E-state index in [0.717, 1.165) is 21.0 Å². The molecule has 0 aliphatic carbocycles. The molecule has 0 heterocycles. The highest BCUT2D eigenvalue weighted by molar-refractivity contribution is 7.89. The van der Waals surface area contributed by atoms with Crippen molar-refractivity contribution in [1.29, 1.82) is 0 Å². The minimum Gasteiger partial charge on any atom is -0.495 e. The molecule has 7 heteroatoms. The molecule has 0 bridgehead atoms. The maximum Gasteiger partial charge on any atom is 0.246 e. The predicted octanol–water partition coefficient (Wildman–Crippen LogP) is 4.34. The molecule has 1 N–H and O–H groups in total. The number of amides is 1. The van der Waals surface area contributed by atoms with E-state index in [0.29, 0.717) is 0 Å². The van der Waals surface area contributed by atoms with Crippen LogP contribution in [0, 0.1) is 0 Å². The topological polar surface area (TPSA) is 75.7 Å². The van der Waals surface area contributed by atoms with Gasteiger partial charge in [0.25, 0.3) is 0 Å². The summed E-state index contributed by atoms with van der Waals surface area (Å²) in [5.74, 6) is -0.00756. The monoisotopic (exact) mass is 466 g/mol. The minimum absolute atomic E-state index is 0.0502. The molecule has 3 rings (SSSR count). The van der Waals surface area contributed by atoms with E-state index in [1.807, 2.05) is 80.6 Å². The smallest absolute Gasteiger partial charge is 0.246 e. The number of methoxy groups -OCH3 is 1. The van der Waals surface area contributed by atoms with Crippen LogP contribution in [-0.4, -0.2) is 39.3 Å². The molecule has 3 aromatic carbocycles. The summed E-state index contributed by atoms with van der Waals surface area (Å²) in [6.07, 6.45) is 0. The molecule has 0 aliphatic heterocycles. The Morgan fingerprint density at radius 2 is 1.45 bits per heavy atom. The zero-order valence-corrected chi connectivity index (χ0v) is 20.2. The largest absolute Gasteiger partial charge is 0.495 e. The molecular weight excluding hydrogens is 436 g/mol. The fourth-order valence-electron chi connectivity index (χ4n) is 3.57. The van der Waals surface area contributed by atoms with Crippen LogP contribution in [0.1, 0.15) is 42.5 Å². The number of sulfonamides is 1. The summed E-state index contributed by atoms with van der Waals surface area (Å²) in [6, 6.07) is 23.9. The van der Waals surface area contributed by atoms with Gasteiger partial charge >= 0.3 is 0 Å². The van der Waals surface area contributed by atoms with Crippen LogP contribution in [0.25, 0.3) is 0 Å². The molecule has 174 valence electrons. The number of hydrogen-bond donors (Lipinski definition) is 1. The van der Waals surface area contributed by atoms with Gasteiger partial charge in [0.1, 0.15) is 10.6 Å². The lowest BCUT2D eigenvalue weighted by atomic mass is 9.99. The van der Waals surface area contributed by atoms with Crippen LogP contribution >= 0.6 is 0 Å². The molecule has 6 nitrogen and oxygen atoms in total. The summed E-state index contributed by atoms with van der Waals surface area (Å²) in [4.78, 5) is 13.0. The Hall–Kier alpha value is -3.16. The minimum atomic E-state index is -3.95. The van der Waals surface area contributed by atoms with E-state index < -0.39 is 22.0 Å². The first-order chi connectivity index (χ1) is 15.7. The molecule has 0 unspecified atom stereocenters. The third-order valence-electron chi connectivity index (χ3n) is 5.48. The lowest BCUT2D eigenvalue weighted by Gasteiger charge is -2.23.